The molecule has 0 atom stereocenters. The van der Waals surface area contributed by atoms with Gasteiger partial charge in [-0.3, -0.25) is 4.57 Å². The second kappa shape index (κ2) is 11.2. The van der Waals surface area contributed by atoms with Gasteiger partial charge in [-0.15, -0.1) is 0 Å². The van der Waals surface area contributed by atoms with Gasteiger partial charge in [0, 0.05) is 21.7 Å². The highest BCUT2D eigenvalue weighted by Gasteiger charge is 2.21. The van der Waals surface area contributed by atoms with Crippen LogP contribution in [0.2, 0.25) is 0 Å². The van der Waals surface area contributed by atoms with E-state index in [4.69, 9.17) is 24.4 Å². The van der Waals surface area contributed by atoms with Gasteiger partial charge in [0.1, 0.15) is 11.3 Å². The molecule has 0 unspecified atom stereocenters. The van der Waals surface area contributed by atoms with Crippen molar-refractivity contribution >= 4 is 65.4 Å². The Morgan fingerprint density at radius 2 is 1.10 bits per heavy atom. The molecule has 6 nitrogen and oxygen atoms in total. The maximum absolute atomic E-state index is 6.41. The van der Waals surface area contributed by atoms with Crippen molar-refractivity contribution in [3.8, 4) is 39.7 Å². The number of aromatic nitrogens is 5. The molecule has 4 aromatic heterocycles. The summed E-state index contributed by atoms with van der Waals surface area (Å²) in [6, 6.07) is 52.7. The molecule has 11 aromatic rings. The first-order valence-corrected chi connectivity index (χ1v) is 17.3. The summed E-state index contributed by atoms with van der Waals surface area (Å²) in [7, 11) is 0. The molecule has 6 heteroatoms. The highest BCUT2D eigenvalue weighted by atomic mass is 16.3. The molecule has 0 fully saturated rings. The van der Waals surface area contributed by atoms with Gasteiger partial charge in [0.05, 0.1) is 34.5 Å². The molecule has 0 saturated heterocycles. The molecule has 4 heterocycles. The number of nitrogens with zero attached hydrogens (tertiary/aromatic N) is 5. The van der Waals surface area contributed by atoms with Crippen LogP contribution in [0.25, 0.3) is 105 Å². The van der Waals surface area contributed by atoms with Crippen molar-refractivity contribution < 1.29 is 4.42 Å². The Balaban J connectivity index is 1.10. The summed E-state index contributed by atoms with van der Waals surface area (Å²) in [4.78, 5) is 20.1. The molecule has 7 aromatic carbocycles. The second-order valence-corrected chi connectivity index (χ2v) is 13.1. The lowest BCUT2D eigenvalue weighted by Gasteiger charge is -2.09. The van der Waals surface area contributed by atoms with Crippen molar-refractivity contribution in [2.45, 2.75) is 0 Å². The van der Waals surface area contributed by atoms with E-state index in [-0.39, 0.29) is 0 Å². The van der Waals surface area contributed by atoms with E-state index >= 15 is 0 Å². The van der Waals surface area contributed by atoms with Gasteiger partial charge in [0.25, 0.3) is 0 Å². The number of benzene rings is 7. The van der Waals surface area contributed by atoms with Crippen LogP contribution in [0.5, 0.6) is 0 Å². The number of hydrogen-bond donors (Lipinski definition) is 0. The average molecular weight is 666 g/mol. The first-order chi connectivity index (χ1) is 25.8. The third-order valence-corrected chi connectivity index (χ3v) is 10.1. The third-order valence-electron chi connectivity index (χ3n) is 10.1. The van der Waals surface area contributed by atoms with E-state index in [2.05, 4.69) is 126 Å². The fraction of sp³-hybridized carbons (Fsp3) is 0. The summed E-state index contributed by atoms with van der Waals surface area (Å²) in [5.74, 6) is 1.17. The first-order valence-electron chi connectivity index (χ1n) is 17.3. The minimum absolute atomic E-state index is 0.451. The maximum Gasteiger partial charge on any atom is 0.231 e. The van der Waals surface area contributed by atoms with Crippen molar-refractivity contribution in [2.75, 3.05) is 0 Å². The molecule has 0 N–H and O–H groups in total. The Morgan fingerprint density at radius 3 is 1.75 bits per heavy atom. The van der Waals surface area contributed by atoms with Crippen LogP contribution in [0, 0.1) is 0 Å². The summed E-state index contributed by atoms with van der Waals surface area (Å²) >= 11 is 0. The molecule has 0 spiro atoms. The SMILES string of the molecule is c1ccc(-c2ccc3oc4nc(-c5cnc(-n6c7ccc8ccccc8c7c7c8ccccc8ccc76)cn5)nc(-c5ccccc5)c4c3c2)cc1. The van der Waals surface area contributed by atoms with Crippen LogP contribution in [0.3, 0.4) is 0 Å². The van der Waals surface area contributed by atoms with Gasteiger partial charge in [-0.2, -0.15) is 4.98 Å². The number of hydrogen-bond acceptors (Lipinski definition) is 5. The number of furan rings is 1. The molecular weight excluding hydrogens is 639 g/mol. The van der Waals surface area contributed by atoms with Crippen LogP contribution in [0.4, 0.5) is 0 Å². The van der Waals surface area contributed by atoms with Gasteiger partial charge in [0.2, 0.25) is 5.71 Å². The van der Waals surface area contributed by atoms with Crippen LogP contribution in [0.1, 0.15) is 0 Å². The normalized spacial score (nSPS) is 11.8. The van der Waals surface area contributed by atoms with Gasteiger partial charge in [-0.1, -0.05) is 127 Å². The fourth-order valence-electron chi connectivity index (χ4n) is 7.75. The molecule has 11 rings (SSSR count). The van der Waals surface area contributed by atoms with Gasteiger partial charge in [-0.25, -0.2) is 15.0 Å². The lowest BCUT2D eigenvalue weighted by Crippen LogP contribution is -2.01. The van der Waals surface area contributed by atoms with E-state index in [9.17, 15) is 0 Å². The van der Waals surface area contributed by atoms with Crippen molar-refractivity contribution in [3.05, 3.63) is 164 Å². The topological polar surface area (TPSA) is 69.6 Å². The molecular formula is C46H27N5O. The minimum atomic E-state index is 0.451. The van der Waals surface area contributed by atoms with E-state index in [0.717, 1.165) is 55.6 Å². The van der Waals surface area contributed by atoms with Crippen LogP contribution in [-0.4, -0.2) is 24.5 Å². The van der Waals surface area contributed by atoms with E-state index in [1.807, 2.05) is 36.5 Å². The molecule has 0 aliphatic rings. The first kappa shape index (κ1) is 28.6. The van der Waals surface area contributed by atoms with E-state index in [1.165, 1.54) is 32.3 Å². The van der Waals surface area contributed by atoms with Gasteiger partial charge < -0.3 is 4.42 Å². The van der Waals surface area contributed by atoms with Gasteiger partial charge in [-0.05, 0) is 56.9 Å². The van der Waals surface area contributed by atoms with Crippen molar-refractivity contribution in [1.29, 1.82) is 0 Å². The predicted octanol–water partition coefficient (Wildman–Crippen LogP) is 11.6. The average Bonchev–Trinajstić information content (AvgIpc) is 3.77. The maximum atomic E-state index is 6.41. The predicted molar refractivity (Wildman–Crippen MR) is 211 cm³/mol. The molecule has 0 aliphatic heterocycles. The molecule has 0 saturated carbocycles. The highest BCUT2D eigenvalue weighted by molar-refractivity contribution is 6.28. The zero-order chi connectivity index (χ0) is 34.2. The molecule has 0 bridgehead atoms. The zero-order valence-electron chi connectivity index (χ0n) is 27.7. The summed E-state index contributed by atoms with van der Waals surface area (Å²) < 4.78 is 8.63. The minimum Gasteiger partial charge on any atom is -0.438 e. The van der Waals surface area contributed by atoms with Crippen molar-refractivity contribution in [1.82, 2.24) is 24.5 Å². The van der Waals surface area contributed by atoms with Gasteiger partial charge >= 0.3 is 0 Å². The fourth-order valence-corrected chi connectivity index (χ4v) is 7.75. The summed E-state index contributed by atoms with van der Waals surface area (Å²) in [6.07, 6.45) is 3.58. The standard InChI is InChI=1S/C46H27N5O/c1-3-11-28(12-4-1)32-21-24-39-35(25-32)43-44(31-15-5-2-6-16-31)49-45(50-46(43)52-39)36-26-48-40(27-47-36)51-37-22-19-29-13-7-9-17-33(29)41(37)42-34-18-10-8-14-30(34)20-23-38(42)51/h1-27H. The van der Waals surface area contributed by atoms with Gasteiger partial charge in [0.15, 0.2) is 11.6 Å². The van der Waals surface area contributed by atoms with Crippen LogP contribution >= 0.6 is 0 Å². The summed E-state index contributed by atoms with van der Waals surface area (Å²) in [6.45, 7) is 0. The smallest absolute Gasteiger partial charge is 0.231 e. The Hall–Kier alpha value is -7.18. The number of fused-ring (bicyclic) bond motifs is 10. The quantitative estimate of drug-likeness (QED) is 0.187. The van der Waals surface area contributed by atoms with Crippen LogP contribution in [0.15, 0.2) is 168 Å². The molecule has 52 heavy (non-hydrogen) atoms. The Bertz CT molecular complexity index is 3070. The van der Waals surface area contributed by atoms with Crippen LogP contribution in [-0.2, 0) is 0 Å². The second-order valence-electron chi connectivity index (χ2n) is 13.1. The third kappa shape index (κ3) is 4.31. The monoisotopic (exact) mass is 665 g/mol. The molecule has 242 valence electrons. The largest absolute Gasteiger partial charge is 0.438 e. The van der Waals surface area contributed by atoms with E-state index < -0.39 is 0 Å². The van der Waals surface area contributed by atoms with Crippen LogP contribution < -0.4 is 0 Å². The van der Waals surface area contributed by atoms with E-state index in [1.54, 1.807) is 6.20 Å². The van der Waals surface area contributed by atoms with Crippen molar-refractivity contribution in [3.63, 3.8) is 0 Å². The lowest BCUT2D eigenvalue weighted by atomic mass is 10.00. The van der Waals surface area contributed by atoms with Crippen molar-refractivity contribution in [2.24, 2.45) is 0 Å². The Morgan fingerprint density at radius 1 is 0.462 bits per heavy atom. The number of rotatable bonds is 4. The Kier molecular flexibility index (Phi) is 6.15. The molecule has 0 aliphatic carbocycles. The Labute approximate surface area is 297 Å². The molecule has 0 amide bonds. The summed E-state index contributed by atoms with van der Waals surface area (Å²) in [5, 5.41) is 9.07. The summed E-state index contributed by atoms with van der Waals surface area (Å²) in [5.41, 5.74) is 7.98. The highest BCUT2D eigenvalue weighted by Crippen LogP contribution is 2.41. The molecule has 0 radical (unpaired) electrons. The zero-order valence-corrected chi connectivity index (χ0v) is 27.7. The lowest BCUT2D eigenvalue weighted by molar-refractivity contribution is 0.653. The van der Waals surface area contributed by atoms with E-state index in [0.29, 0.717) is 17.2 Å².